The molecule has 1 heterocycles. The summed E-state index contributed by atoms with van der Waals surface area (Å²) >= 11 is 0. The largest absolute Gasteiger partial charge is 0.456 e. The van der Waals surface area contributed by atoms with Crippen LogP contribution < -0.4 is 0 Å². The number of hydrogen-bond acceptors (Lipinski definition) is 4. The van der Waals surface area contributed by atoms with Gasteiger partial charge in [-0.3, -0.25) is 0 Å². The summed E-state index contributed by atoms with van der Waals surface area (Å²) in [4.78, 5) is 15.6. The van der Waals surface area contributed by atoms with E-state index in [2.05, 4.69) is 11.6 Å². The van der Waals surface area contributed by atoms with Gasteiger partial charge in [0, 0.05) is 11.8 Å². The Hall–Kier alpha value is -2.15. The van der Waals surface area contributed by atoms with E-state index in [9.17, 15) is 4.79 Å². The smallest absolute Gasteiger partial charge is 0.340 e. The third kappa shape index (κ3) is 3.42. The van der Waals surface area contributed by atoms with Crippen LogP contribution in [0.1, 0.15) is 42.4 Å². The van der Waals surface area contributed by atoms with Gasteiger partial charge in [0.1, 0.15) is 17.4 Å². The Labute approximate surface area is 101 Å². The first-order valence-electron chi connectivity index (χ1n) is 5.13. The van der Waals surface area contributed by atoms with Crippen molar-refractivity contribution in [3.8, 4) is 6.07 Å². The van der Waals surface area contributed by atoms with Gasteiger partial charge in [-0.1, -0.05) is 12.7 Å². The summed E-state index contributed by atoms with van der Waals surface area (Å²) in [5.41, 5.74) is 0.524. The summed E-state index contributed by atoms with van der Waals surface area (Å²) in [5.74, 6) is -0.461. The number of hydrogen-bond donors (Lipinski definition) is 0. The van der Waals surface area contributed by atoms with Crippen LogP contribution in [0.4, 0.5) is 0 Å². The fraction of sp³-hybridized carbons (Fsp3) is 0.308. The molecule has 1 rings (SSSR count). The van der Waals surface area contributed by atoms with E-state index in [1.807, 2.05) is 6.07 Å². The van der Waals surface area contributed by atoms with Gasteiger partial charge in [0.05, 0.1) is 5.56 Å². The van der Waals surface area contributed by atoms with E-state index in [-0.39, 0.29) is 5.69 Å². The van der Waals surface area contributed by atoms with Crippen LogP contribution in [0.25, 0.3) is 6.08 Å². The van der Waals surface area contributed by atoms with Crippen molar-refractivity contribution < 1.29 is 9.53 Å². The number of esters is 1. The number of aromatic nitrogens is 1. The van der Waals surface area contributed by atoms with Gasteiger partial charge in [-0.2, -0.15) is 5.26 Å². The fourth-order valence-corrected chi connectivity index (χ4v) is 1.18. The second-order valence-electron chi connectivity index (χ2n) is 4.48. The van der Waals surface area contributed by atoms with Gasteiger partial charge in [-0.25, -0.2) is 9.78 Å². The summed E-state index contributed by atoms with van der Waals surface area (Å²) in [6.45, 7) is 8.94. The van der Waals surface area contributed by atoms with Gasteiger partial charge in [0.2, 0.25) is 0 Å². The van der Waals surface area contributed by atoms with Crippen LogP contribution in [-0.4, -0.2) is 16.6 Å². The number of carbonyl (C=O) groups excluding carboxylic acids is 1. The minimum atomic E-state index is -0.556. The zero-order valence-electron chi connectivity index (χ0n) is 10.2. The van der Waals surface area contributed by atoms with E-state index >= 15 is 0 Å². The molecule has 4 nitrogen and oxygen atoms in total. The maximum Gasteiger partial charge on any atom is 0.340 e. The highest BCUT2D eigenvalue weighted by atomic mass is 16.6. The molecule has 0 fully saturated rings. The molecule has 1 aromatic rings. The Bertz CT molecular complexity index is 493. The minimum absolute atomic E-state index is 0.243. The number of rotatable bonds is 2. The Kier molecular flexibility index (Phi) is 3.64. The van der Waals surface area contributed by atoms with Crippen LogP contribution in [0.15, 0.2) is 18.8 Å². The third-order valence-corrected chi connectivity index (χ3v) is 1.88. The highest BCUT2D eigenvalue weighted by molar-refractivity contribution is 5.90. The second-order valence-corrected chi connectivity index (χ2v) is 4.48. The summed E-state index contributed by atoms with van der Waals surface area (Å²) < 4.78 is 5.20. The van der Waals surface area contributed by atoms with E-state index in [0.717, 1.165) is 0 Å². The molecule has 0 unspecified atom stereocenters. The zero-order chi connectivity index (χ0) is 13.1. The topological polar surface area (TPSA) is 63.0 Å². The second kappa shape index (κ2) is 4.79. The first-order valence-corrected chi connectivity index (χ1v) is 5.13. The Morgan fingerprint density at radius 1 is 1.59 bits per heavy atom. The highest BCUT2D eigenvalue weighted by Crippen LogP contribution is 2.14. The van der Waals surface area contributed by atoms with Crippen LogP contribution in [0.2, 0.25) is 0 Å². The fourth-order valence-electron chi connectivity index (χ4n) is 1.18. The molecule has 0 amide bonds. The Balaban J connectivity index is 3.05. The molecule has 0 bridgehead atoms. The maximum absolute atomic E-state index is 11.7. The SMILES string of the molecule is C=Cc1cc(C(=O)OC(C)(C)C)cnc1C#N. The van der Waals surface area contributed by atoms with Crippen molar-refractivity contribution in [1.29, 1.82) is 5.26 Å². The van der Waals surface area contributed by atoms with Crippen molar-refractivity contribution in [3.05, 3.63) is 35.7 Å². The zero-order valence-corrected chi connectivity index (χ0v) is 10.2. The molecule has 0 saturated heterocycles. The van der Waals surface area contributed by atoms with E-state index in [4.69, 9.17) is 10.00 Å². The maximum atomic E-state index is 11.7. The van der Waals surface area contributed by atoms with E-state index in [0.29, 0.717) is 11.1 Å². The van der Waals surface area contributed by atoms with Crippen LogP contribution in [0.3, 0.4) is 0 Å². The lowest BCUT2D eigenvalue weighted by Crippen LogP contribution is -2.24. The minimum Gasteiger partial charge on any atom is -0.456 e. The molecule has 0 radical (unpaired) electrons. The lowest BCUT2D eigenvalue weighted by atomic mass is 10.1. The molecule has 4 heteroatoms. The molecule has 0 aliphatic carbocycles. The molecule has 0 spiro atoms. The van der Waals surface area contributed by atoms with Gasteiger partial charge >= 0.3 is 5.97 Å². The summed E-state index contributed by atoms with van der Waals surface area (Å²) in [7, 11) is 0. The lowest BCUT2D eigenvalue weighted by Gasteiger charge is -2.19. The van der Waals surface area contributed by atoms with Crippen molar-refractivity contribution in [1.82, 2.24) is 4.98 Å². The molecule has 0 aliphatic rings. The Morgan fingerprint density at radius 2 is 2.24 bits per heavy atom. The van der Waals surface area contributed by atoms with Gasteiger partial charge in [0.15, 0.2) is 0 Å². The first-order chi connectivity index (χ1) is 7.87. The number of nitrogens with zero attached hydrogens (tertiary/aromatic N) is 2. The van der Waals surface area contributed by atoms with Gasteiger partial charge in [-0.05, 0) is 26.8 Å². The monoisotopic (exact) mass is 230 g/mol. The molecular formula is C13H14N2O2. The molecule has 0 aliphatic heterocycles. The van der Waals surface area contributed by atoms with Crippen molar-refractivity contribution in [3.63, 3.8) is 0 Å². The van der Waals surface area contributed by atoms with Crippen molar-refractivity contribution >= 4 is 12.0 Å². The van der Waals surface area contributed by atoms with Crippen LogP contribution >= 0.6 is 0 Å². The quantitative estimate of drug-likeness (QED) is 0.732. The predicted octanol–water partition coefficient (Wildman–Crippen LogP) is 2.55. The standard InChI is InChI=1S/C13H14N2O2/c1-5-9-6-10(8-15-11(9)7-14)12(16)17-13(2,3)4/h5-6,8H,1H2,2-4H3. The molecular weight excluding hydrogens is 216 g/mol. The van der Waals surface area contributed by atoms with Gasteiger partial charge in [-0.15, -0.1) is 0 Å². The average molecular weight is 230 g/mol. The number of carbonyl (C=O) groups is 1. The lowest BCUT2D eigenvalue weighted by molar-refractivity contribution is 0.00690. The normalized spacial score (nSPS) is 10.5. The molecule has 88 valence electrons. The Morgan fingerprint density at radius 3 is 2.71 bits per heavy atom. The van der Waals surface area contributed by atoms with E-state index in [1.165, 1.54) is 12.3 Å². The van der Waals surface area contributed by atoms with Crippen LogP contribution in [0.5, 0.6) is 0 Å². The summed E-state index contributed by atoms with van der Waals surface area (Å²) in [6.07, 6.45) is 2.82. The molecule has 0 N–H and O–H groups in total. The summed E-state index contributed by atoms with van der Waals surface area (Å²) in [5, 5.41) is 8.79. The van der Waals surface area contributed by atoms with Crippen molar-refractivity contribution in [2.75, 3.05) is 0 Å². The molecule has 0 saturated carbocycles. The van der Waals surface area contributed by atoms with Gasteiger partial charge < -0.3 is 4.74 Å². The van der Waals surface area contributed by atoms with Crippen LogP contribution in [-0.2, 0) is 4.74 Å². The van der Waals surface area contributed by atoms with E-state index < -0.39 is 11.6 Å². The molecule has 0 atom stereocenters. The number of nitriles is 1. The van der Waals surface area contributed by atoms with Crippen molar-refractivity contribution in [2.45, 2.75) is 26.4 Å². The highest BCUT2D eigenvalue weighted by Gasteiger charge is 2.18. The number of pyridine rings is 1. The van der Waals surface area contributed by atoms with Crippen molar-refractivity contribution in [2.24, 2.45) is 0 Å². The number of ether oxygens (including phenoxy) is 1. The van der Waals surface area contributed by atoms with E-state index in [1.54, 1.807) is 26.8 Å². The first kappa shape index (κ1) is 12.9. The predicted molar refractivity (Wildman–Crippen MR) is 64.2 cm³/mol. The molecule has 0 aromatic carbocycles. The molecule has 1 aromatic heterocycles. The van der Waals surface area contributed by atoms with Gasteiger partial charge in [0.25, 0.3) is 0 Å². The molecule has 17 heavy (non-hydrogen) atoms. The summed E-state index contributed by atoms with van der Waals surface area (Å²) in [6, 6.07) is 3.47. The van der Waals surface area contributed by atoms with Crippen LogP contribution in [0, 0.1) is 11.3 Å². The average Bonchev–Trinajstić information content (AvgIpc) is 2.25. The third-order valence-electron chi connectivity index (χ3n) is 1.88.